The molecule has 0 aliphatic heterocycles. The second-order valence-electron chi connectivity index (χ2n) is 4.65. The highest BCUT2D eigenvalue weighted by Crippen LogP contribution is 2.20. The third-order valence-electron chi connectivity index (χ3n) is 2.96. The summed E-state index contributed by atoms with van der Waals surface area (Å²) in [6.45, 7) is 5.79. The average molecular weight is 268 g/mol. The zero-order valence-corrected chi connectivity index (χ0v) is 11.1. The minimum Gasteiger partial charge on any atom is -0.349 e. The summed E-state index contributed by atoms with van der Waals surface area (Å²) >= 11 is 0. The number of nitrogens with zero attached hydrogens (tertiary/aromatic N) is 1. The molecular weight excluding hydrogens is 251 g/mol. The molecule has 1 N–H and O–H groups in total. The number of carbonyl (C=O) groups excluding carboxylic acids is 1. The van der Waals surface area contributed by atoms with E-state index in [0.717, 1.165) is 18.2 Å². The maximum atomic E-state index is 13.1. The standard InChI is InChI=1S/C13H17FN2O3/c1-4-11(8(2)3)15-13(17)10-7-9(14)5-6-12(10)16(18)19/h5-8,11H,4H2,1-3H3,(H,15,17). The molecule has 6 heteroatoms. The zero-order valence-electron chi connectivity index (χ0n) is 11.1. The highest BCUT2D eigenvalue weighted by Gasteiger charge is 2.23. The molecule has 0 aliphatic carbocycles. The summed E-state index contributed by atoms with van der Waals surface area (Å²) in [5.74, 6) is -1.10. The SMILES string of the molecule is CCC(NC(=O)c1cc(F)ccc1[N+](=O)[O-])C(C)C. The molecule has 0 saturated carbocycles. The predicted molar refractivity (Wildman–Crippen MR) is 69.4 cm³/mol. The minimum absolute atomic E-state index is 0.102. The second-order valence-corrected chi connectivity index (χ2v) is 4.65. The third kappa shape index (κ3) is 3.74. The number of rotatable bonds is 5. The lowest BCUT2D eigenvalue weighted by atomic mass is 10.0. The van der Waals surface area contributed by atoms with Gasteiger partial charge in [0, 0.05) is 12.1 Å². The highest BCUT2D eigenvalue weighted by molar-refractivity contribution is 5.98. The first kappa shape index (κ1) is 15.1. The van der Waals surface area contributed by atoms with Gasteiger partial charge in [-0.15, -0.1) is 0 Å². The highest BCUT2D eigenvalue weighted by atomic mass is 19.1. The van der Waals surface area contributed by atoms with Crippen molar-refractivity contribution in [2.45, 2.75) is 33.2 Å². The van der Waals surface area contributed by atoms with Gasteiger partial charge in [0.25, 0.3) is 11.6 Å². The van der Waals surface area contributed by atoms with Crippen molar-refractivity contribution in [3.05, 3.63) is 39.7 Å². The fourth-order valence-electron chi connectivity index (χ4n) is 1.84. The van der Waals surface area contributed by atoms with E-state index in [1.54, 1.807) is 0 Å². The average Bonchev–Trinajstić information content (AvgIpc) is 2.34. The Kier molecular flexibility index (Phi) is 4.97. The number of nitro groups is 1. The van der Waals surface area contributed by atoms with E-state index in [-0.39, 0.29) is 17.5 Å². The third-order valence-corrected chi connectivity index (χ3v) is 2.96. The summed E-state index contributed by atoms with van der Waals surface area (Å²) in [4.78, 5) is 22.2. The number of nitro benzene ring substituents is 1. The fourth-order valence-corrected chi connectivity index (χ4v) is 1.84. The van der Waals surface area contributed by atoms with Crippen LogP contribution in [0.4, 0.5) is 10.1 Å². The molecule has 0 spiro atoms. The van der Waals surface area contributed by atoms with Crippen LogP contribution in [0.5, 0.6) is 0 Å². The van der Waals surface area contributed by atoms with Gasteiger partial charge in [0.1, 0.15) is 11.4 Å². The van der Waals surface area contributed by atoms with Crippen molar-refractivity contribution in [1.82, 2.24) is 5.32 Å². The molecular formula is C13H17FN2O3. The summed E-state index contributed by atoms with van der Waals surface area (Å²) in [6.07, 6.45) is 0.701. The molecule has 104 valence electrons. The van der Waals surface area contributed by atoms with Crippen LogP contribution >= 0.6 is 0 Å². The molecule has 0 fully saturated rings. The molecule has 19 heavy (non-hydrogen) atoms. The Bertz CT molecular complexity index is 489. The molecule has 0 aromatic heterocycles. The maximum absolute atomic E-state index is 13.1. The van der Waals surface area contributed by atoms with Crippen molar-refractivity contribution in [2.24, 2.45) is 5.92 Å². The number of halogens is 1. The Morgan fingerprint density at radius 3 is 2.58 bits per heavy atom. The van der Waals surface area contributed by atoms with Gasteiger partial charge in [-0.3, -0.25) is 14.9 Å². The van der Waals surface area contributed by atoms with Crippen molar-refractivity contribution in [2.75, 3.05) is 0 Å². The van der Waals surface area contributed by atoms with Crippen LogP contribution in [-0.4, -0.2) is 16.9 Å². The Balaban J connectivity index is 3.05. The van der Waals surface area contributed by atoms with Crippen LogP contribution < -0.4 is 5.32 Å². The van der Waals surface area contributed by atoms with Crippen molar-refractivity contribution in [3.8, 4) is 0 Å². The molecule has 0 radical (unpaired) electrons. The molecule has 0 aliphatic rings. The van der Waals surface area contributed by atoms with Crippen molar-refractivity contribution in [3.63, 3.8) is 0 Å². The van der Waals surface area contributed by atoms with Crippen molar-refractivity contribution >= 4 is 11.6 Å². The largest absolute Gasteiger partial charge is 0.349 e. The first-order valence-electron chi connectivity index (χ1n) is 6.11. The molecule has 1 unspecified atom stereocenters. The molecule has 1 aromatic carbocycles. The van der Waals surface area contributed by atoms with E-state index >= 15 is 0 Å². The minimum atomic E-state index is -0.690. The van der Waals surface area contributed by atoms with Crippen molar-refractivity contribution < 1.29 is 14.1 Å². The van der Waals surface area contributed by atoms with Crippen LogP contribution in [0.1, 0.15) is 37.6 Å². The van der Waals surface area contributed by atoms with Gasteiger partial charge < -0.3 is 5.32 Å². The zero-order chi connectivity index (χ0) is 14.6. The Morgan fingerprint density at radius 1 is 1.47 bits per heavy atom. The molecule has 0 bridgehead atoms. The van der Waals surface area contributed by atoms with Gasteiger partial charge in [-0.05, 0) is 24.5 Å². The number of hydrogen-bond donors (Lipinski definition) is 1. The number of nitrogens with one attached hydrogen (secondary N) is 1. The first-order chi connectivity index (χ1) is 8.86. The van der Waals surface area contributed by atoms with Crippen LogP contribution in [0.2, 0.25) is 0 Å². The van der Waals surface area contributed by atoms with E-state index in [9.17, 15) is 19.3 Å². The number of carbonyl (C=O) groups is 1. The maximum Gasteiger partial charge on any atom is 0.282 e. The normalized spacial score (nSPS) is 12.3. The smallest absolute Gasteiger partial charge is 0.282 e. The van der Waals surface area contributed by atoms with Crippen LogP contribution in [-0.2, 0) is 0 Å². The number of benzene rings is 1. The number of hydrogen-bond acceptors (Lipinski definition) is 3. The van der Waals surface area contributed by atoms with Gasteiger partial charge in [-0.25, -0.2) is 4.39 Å². The van der Waals surface area contributed by atoms with Gasteiger partial charge in [-0.2, -0.15) is 0 Å². The summed E-state index contributed by atoms with van der Waals surface area (Å²) in [6, 6.07) is 2.76. The monoisotopic (exact) mass is 268 g/mol. The van der Waals surface area contributed by atoms with E-state index in [2.05, 4.69) is 5.32 Å². The van der Waals surface area contributed by atoms with E-state index in [4.69, 9.17) is 0 Å². The Hall–Kier alpha value is -1.98. The van der Waals surface area contributed by atoms with E-state index < -0.39 is 22.3 Å². The summed E-state index contributed by atoms with van der Waals surface area (Å²) in [5.41, 5.74) is -0.637. The quantitative estimate of drug-likeness (QED) is 0.659. The van der Waals surface area contributed by atoms with E-state index in [0.29, 0.717) is 6.42 Å². The summed E-state index contributed by atoms with van der Waals surface area (Å²) in [5, 5.41) is 13.5. The summed E-state index contributed by atoms with van der Waals surface area (Å²) < 4.78 is 13.1. The van der Waals surface area contributed by atoms with Crippen molar-refractivity contribution in [1.29, 1.82) is 0 Å². The van der Waals surface area contributed by atoms with Gasteiger partial charge in [-0.1, -0.05) is 20.8 Å². The molecule has 0 saturated heterocycles. The lowest BCUT2D eigenvalue weighted by Crippen LogP contribution is -2.38. The molecule has 1 rings (SSSR count). The van der Waals surface area contributed by atoms with Crippen LogP contribution in [0.15, 0.2) is 18.2 Å². The Morgan fingerprint density at radius 2 is 2.11 bits per heavy atom. The topological polar surface area (TPSA) is 72.2 Å². The van der Waals surface area contributed by atoms with E-state index in [1.807, 2.05) is 20.8 Å². The molecule has 0 heterocycles. The number of amides is 1. The molecule has 1 amide bonds. The lowest BCUT2D eigenvalue weighted by Gasteiger charge is -2.20. The summed E-state index contributed by atoms with van der Waals surface area (Å²) in [7, 11) is 0. The lowest BCUT2D eigenvalue weighted by molar-refractivity contribution is -0.385. The van der Waals surface area contributed by atoms with E-state index in [1.165, 1.54) is 0 Å². The molecule has 5 nitrogen and oxygen atoms in total. The first-order valence-corrected chi connectivity index (χ1v) is 6.11. The van der Waals surface area contributed by atoms with Gasteiger partial charge in [0.15, 0.2) is 0 Å². The van der Waals surface area contributed by atoms with Gasteiger partial charge in [0.2, 0.25) is 0 Å². The van der Waals surface area contributed by atoms with Crippen LogP contribution in [0, 0.1) is 21.8 Å². The molecule has 1 aromatic rings. The van der Waals surface area contributed by atoms with Crippen LogP contribution in [0.3, 0.4) is 0 Å². The fraction of sp³-hybridized carbons (Fsp3) is 0.462. The van der Waals surface area contributed by atoms with Gasteiger partial charge >= 0.3 is 0 Å². The van der Waals surface area contributed by atoms with Crippen LogP contribution in [0.25, 0.3) is 0 Å². The Labute approximate surface area is 111 Å². The predicted octanol–water partition coefficient (Wildman–Crippen LogP) is 2.90. The molecule has 1 atom stereocenters. The second kappa shape index (κ2) is 6.26. The van der Waals surface area contributed by atoms with Gasteiger partial charge in [0.05, 0.1) is 4.92 Å².